The molecule has 1 aliphatic heterocycles. The fourth-order valence-corrected chi connectivity index (χ4v) is 4.10. The van der Waals surface area contributed by atoms with Crippen LogP contribution in [-0.4, -0.2) is 41.6 Å². The molecule has 0 unspecified atom stereocenters. The number of ether oxygens (including phenoxy) is 1. The summed E-state index contributed by atoms with van der Waals surface area (Å²) in [7, 11) is 1.59. The predicted molar refractivity (Wildman–Crippen MR) is 115 cm³/mol. The molecule has 1 aromatic heterocycles. The Morgan fingerprint density at radius 2 is 2.03 bits per heavy atom. The van der Waals surface area contributed by atoms with Crippen molar-refractivity contribution >= 4 is 33.9 Å². The van der Waals surface area contributed by atoms with E-state index >= 15 is 0 Å². The number of hydrogen-bond acceptors (Lipinski definition) is 6. The molecule has 1 aliphatic rings. The average molecular weight is 460 g/mol. The number of aromatic nitrogens is 2. The molecule has 1 saturated heterocycles. The largest absolute Gasteiger partial charge is 1.00 e. The molecule has 1 fully saturated rings. The van der Waals surface area contributed by atoms with Gasteiger partial charge in [0, 0.05) is 29.7 Å². The quantitative estimate of drug-likeness (QED) is 0.534. The summed E-state index contributed by atoms with van der Waals surface area (Å²) in [5.74, 6) is 1.37. The molecule has 162 valence electrons. The van der Waals surface area contributed by atoms with Gasteiger partial charge in [0.05, 0.1) is 41.5 Å². The number of fused-ring (bicyclic) bond motifs is 1. The maximum absolute atomic E-state index is 9.84. The molecule has 2 aromatic carbocycles. The summed E-state index contributed by atoms with van der Waals surface area (Å²) in [6, 6.07) is 11.7. The third kappa shape index (κ3) is 5.00. The lowest BCUT2D eigenvalue weighted by molar-refractivity contribution is -0.591. The molecule has 4 rings (SSSR count). The number of anilines is 1. The normalized spacial score (nSPS) is 14.2. The first-order chi connectivity index (χ1) is 14.6. The fraction of sp³-hybridized carbons (Fsp3) is 0.318. The van der Waals surface area contributed by atoms with Crippen LogP contribution < -0.4 is 27.4 Å². The number of quaternary nitrogens is 1. The number of halogens is 2. The highest BCUT2D eigenvalue weighted by Gasteiger charge is 2.21. The van der Waals surface area contributed by atoms with Crippen molar-refractivity contribution < 1.29 is 27.6 Å². The Labute approximate surface area is 192 Å². The van der Waals surface area contributed by atoms with Crippen molar-refractivity contribution in [1.29, 1.82) is 5.26 Å². The number of benzene rings is 2. The van der Waals surface area contributed by atoms with E-state index in [-0.39, 0.29) is 18.5 Å². The predicted octanol–water partition coefficient (Wildman–Crippen LogP) is -0.476. The lowest BCUT2D eigenvalue weighted by Crippen LogP contribution is -3.00. The minimum absolute atomic E-state index is 0. The van der Waals surface area contributed by atoms with Crippen LogP contribution >= 0.6 is 11.6 Å². The van der Waals surface area contributed by atoms with Crippen LogP contribution in [0.15, 0.2) is 36.5 Å². The van der Waals surface area contributed by atoms with Gasteiger partial charge in [-0.25, -0.2) is 0 Å². The van der Waals surface area contributed by atoms with Crippen LogP contribution in [0, 0.1) is 11.3 Å². The molecular weight excluding hydrogens is 437 g/mol. The summed E-state index contributed by atoms with van der Waals surface area (Å²) in [5.41, 5.74) is 2.58. The molecule has 2 heterocycles. The first kappa shape index (κ1) is 23.0. The van der Waals surface area contributed by atoms with Gasteiger partial charge in [-0.2, -0.15) is 10.4 Å². The zero-order valence-corrected chi connectivity index (χ0v) is 18.6. The van der Waals surface area contributed by atoms with Crippen LogP contribution in [0.3, 0.4) is 0 Å². The number of rotatable bonds is 5. The first-order valence-electron chi connectivity index (χ1n) is 9.87. The molecular formula is C22H23Cl2N5O2. The van der Waals surface area contributed by atoms with Crippen molar-refractivity contribution in [3.05, 3.63) is 52.7 Å². The number of piperidine rings is 1. The molecule has 9 heteroatoms. The van der Waals surface area contributed by atoms with Gasteiger partial charge in [-0.15, -0.1) is 0 Å². The molecule has 0 saturated carbocycles. The summed E-state index contributed by atoms with van der Waals surface area (Å²) in [5, 5.41) is 32.3. The number of hydrogen-bond donors (Lipinski definition) is 2. The summed E-state index contributed by atoms with van der Waals surface area (Å²) in [6.07, 6.45) is 2.92. The van der Waals surface area contributed by atoms with Gasteiger partial charge in [0.2, 0.25) is 0 Å². The number of nitrogens with two attached hydrogens (primary N) is 1. The molecule has 0 bridgehead atoms. The molecule has 3 N–H and O–H groups in total. The van der Waals surface area contributed by atoms with E-state index in [4.69, 9.17) is 16.3 Å². The SMILES string of the molecule is COc1ccc(C[NH2+]c2nncc3c(N4CCC(O)CC4)cc(C#N)cc23)cc1Cl.[Cl-]. The van der Waals surface area contributed by atoms with E-state index in [1.807, 2.05) is 35.6 Å². The van der Waals surface area contributed by atoms with Crippen molar-refractivity contribution in [3.8, 4) is 11.8 Å². The number of nitrogens with zero attached hydrogens (tertiary/aromatic N) is 4. The molecule has 31 heavy (non-hydrogen) atoms. The van der Waals surface area contributed by atoms with Gasteiger partial charge >= 0.3 is 0 Å². The van der Waals surface area contributed by atoms with Crippen LogP contribution in [0.25, 0.3) is 10.8 Å². The van der Waals surface area contributed by atoms with Crippen molar-refractivity contribution in [1.82, 2.24) is 10.2 Å². The zero-order chi connectivity index (χ0) is 21.1. The minimum Gasteiger partial charge on any atom is -1.00 e. The highest BCUT2D eigenvalue weighted by Crippen LogP contribution is 2.32. The Bertz CT molecular complexity index is 1110. The van der Waals surface area contributed by atoms with E-state index in [1.54, 1.807) is 13.3 Å². The maximum atomic E-state index is 9.84. The summed E-state index contributed by atoms with van der Waals surface area (Å²) >= 11 is 6.24. The monoisotopic (exact) mass is 459 g/mol. The van der Waals surface area contributed by atoms with E-state index in [9.17, 15) is 10.4 Å². The molecule has 0 radical (unpaired) electrons. The highest BCUT2D eigenvalue weighted by atomic mass is 35.5. The van der Waals surface area contributed by atoms with Gasteiger partial charge in [-0.1, -0.05) is 16.7 Å². The Morgan fingerprint density at radius 1 is 1.26 bits per heavy atom. The number of aliphatic hydroxyl groups is 1. The number of methoxy groups -OCH3 is 1. The maximum Gasteiger partial charge on any atom is 0.252 e. The van der Waals surface area contributed by atoms with E-state index in [1.165, 1.54) is 0 Å². The van der Waals surface area contributed by atoms with Crippen molar-refractivity contribution in [2.45, 2.75) is 25.5 Å². The van der Waals surface area contributed by atoms with Crippen LogP contribution in [0.5, 0.6) is 5.75 Å². The van der Waals surface area contributed by atoms with E-state index in [2.05, 4.69) is 21.2 Å². The molecule has 0 atom stereocenters. The van der Waals surface area contributed by atoms with Gasteiger partial charge in [-0.3, -0.25) is 5.32 Å². The van der Waals surface area contributed by atoms with E-state index in [0.29, 0.717) is 35.7 Å². The molecule has 0 amide bonds. The second-order valence-electron chi connectivity index (χ2n) is 7.39. The van der Waals surface area contributed by atoms with Crippen molar-refractivity contribution in [2.24, 2.45) is 0 Å². The second-order valence-corrected chi connectivity index (χ2v) is 7.80. The van der Waals surface area contributed by atoms with E-state index in [0.717, 1.165) is 40.9 Å². The number of aliphatic hydroxyl groups excluding tert-OH is 1. The van der Waals surface area contributed by atoms with Gasteiger partial charge < -0.3 is 27.2 Å². The summed E-state index contributed by atoms with van der Waals surface area (Å²) in [6.45, 7) is 2.12. The van der Waals surface area contributed by atoms with Gasteiger partial charge in [-0.05, 0) is 43.2 Å². The van der Waals surface area contributed by atoms with Crippen molar-refractivity contribution in [2.75, 3.05) is 25.1 Å². The lowest BCUT2D eigenvalue weighted by atomic mass is 10.0. The third-order valence-electron chi connectivity index (χ3n) is 5.47. The van der Waals surface area contributed by atoms with Crippen molar-refractivity contribution in [3.63, 3.8) is 0 Å². The average Bonchev–Trinajstić information content (AvgIpc) is 2.77. The second kappa shape index (κ2) is 10.1. The standard InChI is InChI=1S/C22H22ClN5O2.ClH/c1-30-21-3-2-14(9-19(21)23)12-25-22-17-8-15(11-24)10-20(18(17)13-26-27-22)28-6-4-16(29)5-7-28;/h2-3,8-10,13,16,29H,4-7,12H2,1H3,(H,25,27);1H. The Balaban J connectivity index is 0.00000272. The topological polar surface area (TPSA) is 98.9 Å². The molecule has 0 spiro atoms. The van der Waals surface area contributed by atoms with E-state index < -0.39 is 0 Å². The lowest BCUT2D eigenvalue weighted by Gasteiger charge is -2.32. The van der Waals surface area contributed by atoms with Gasteiger partial charge in [0.1, 0.15) is 12.3 Å². The van der Waals surface area contributed by atoms with Gasteiger partial charge in [0.15, 0.2) is 0 Å². The zero-order valence-electron chi connectivity index (χ0n) is 17.1. The summed E-state index contributed by atoms with van der Waals surface area (Å²) in [4.78, 5) is 2.21. The van der Waals surface area contributed by atoms with Crippen LogP contribution in [0.1, 0.15) is 24.0 Å². The van der Waals surface area contributed by atoms with Crippen LogP contribution in [0.2, 0.25) is 5.02 Å². The molecule has 3 aromatic rings. The molecule has 7 nitrogen and oxygen atoms in total. The first-order valence-corrected chi connectivity index (χ1v) is 10.2. The fourth-order valence-electron chi connectivity index (χ4n) is 3.82. The van der Waals surface area contributed by atoms with Crippen LogP contribution in [0.4, 0.5) is 11.5 Å². The van der Waals surface area contributed by atoms with Crippen LogP contribution in [-0.2, 0) is 6.54 Å². The highest BCUT2D eigenvalue weighted by molar-refractivity contribution is 6.32. The summed E-state index contributed by atoms with van der Waals surface area (Å²) < 4.78 is 5.21. The Hall–Kier alpha value is -2.63. The third-order valence-corrected chi connectivity index (χ3v) is 5.76. The van der Waals surface area contributed by atoms with Gasteiger partial charge in [0.25, 0.3) is 5.82 Å². The smallest absolute Gasteiger partial charge is 0.252 e. The Morgan fingerprint density at radius 3 is 2.71 bits per heavy atom. The Kier molecular flexibility index (Phi) is 7.52. The molecule has 0 aliphatic carbocycles. The minimum atomic E-state index is -0.258. The number of nitriles is 1.